The summed E-state index contributed by atoms with van der Waals surface area (Å²) in [4.78, 5) is 24.1. The normalized spacial score (nSPS) is 12.3. The number of ether oxygens (including phenoxy) is 1. The van der Waals surface area contributed by atoms with Gasteiger partial charge in [0.2, 0.25) is 0 Å². The third kappa shape index (κ3) is 4.23. The molecule has 0 aliphatic heterocycles. The van der Waals surface area contributed by atoms with Crippen LogP contribution < -0.4 is 15.4 Å². The van der Waals surface area contributed by atoms with Gasteiger partial charge in [-0.2, -0.15) is 0 Å². The standard InChI is InChI=1S/C22H20N2O4/c25-21(23-18-7-6-15-3-1-4-16(15)13-18)14-28-19-10-8-17(9-11-19)24-22(26)20-5-2-12-27-20/h2,5-13H,1,3-4,14H2,(H,23,25)(H,24,26). The lowest BCUT2D eigenvalue weighted by atomic mass is 10.1. The van der Waals surface area contributed by atoms with Gasteiger partial charge in [0, 0.05) is 11.4 Å². The Morgan fingerprint density at radius 2 is 1.71 bits per heavy atom. The second kappa shape index (κ2) is 8.00. The molecular formula is C22H20N2O4. The predicted octanol–water partition coefficient (Wildman–Crippen LogP) is 4.04. The number of nitrogens with one attached hydrogen (secondary N) is 2. The van der Waals surface area contributed by atoms with Gasteiger partial charge in [-0.15, -0.1) is 0 Å². The first-order valence-electron chi connectivity index (χ1n) is 9.17. The van der Waals surface area contributed by atoms with Crippen LogP contribution in [0.15, 0.2) is 65.3 Å². The molecule has 0 saturated carbocycles. The van der Waals surface area contributed by atoms with E-state index in [1.165, 1.54) is 23.8 Å². The SMILES string of the molecule is O=C(COc1ccc(NC(=O)c2ccco2)cc1)Nc1ccc2c(c1)CCC2. The van der Waals surface area contributed by atoms with Gasteiger partial charge < -0.3 is 19.8 Å². The number of aryl methyl sites for hydroxylation is 2. The predicted molar refractivity (Wildman–Crippen MR) is 106 cm³/mol. The Labute approximate surface area is 162 Å². The molecule has 6 nitrogen and oxygen atoms in total. The lowest BCUT2D eigenvalue weighted by Gasteiger charge is -2.10. The lowest BCUT2D eigenvalue weighted by Crippen LogP contribution is -2.20. The molecule has 28 heavy (non-hydrogen) atoms. The summed E-state index contributed by atoms with van der Waals surface area (Å²) in [6, 6.07) is 16.1. The Kier molecular flexibility index (Phi) is 5.10. The summed E-state index contributed by atoms with van der Waals surface area (Å²) in [5, 5.41) is 5.59. The van der Waals surface area contributed by atoms with E-state index in [9.17, 15) is 9.59 Å². The molecule has 4 rings (SSSR count). The van der Waals surface area contributed by atoms with Crippen LogP contribution in [0, 0.1) is 0 Å². The van der Waals surface area contributed by atoms with Crippen molar-refractivity contribution in [2.75, 3.05) is 17.2 Å². The van der Waals surface area contributed by atoms with Crippen molar-refractivity contribution in [3.8, 4) is 5.75 Å². The number of carbonyl (C=O) groups is 2. The van der Waals surface area contributed by atoms with E-state index in [1.807, 2.05) is 12.1 Å². The highest BCUT2D eigenvalue weighted by Gasteiger charge is 2.12. The quantitative estimate of drug-likeness (QED) is 0.680. The molecule has 1 aromatic heterocycles. The molecule has 1 heterocycles. The second-order valence-electron chi connectivity index (χ2n) is 6.63. The average molecular weight is 376 g/mol. The molecule has 2 aromatic carbocycles. The van der Waals surface area contributed by atoms with Crippen molar-refractivity contribution in [2.45, 2.75) is 19.3 Å². The highest BCUT2D eigenvalue weighted by Crippen LogP contribution is 2.25. The first-order chi connectivity index (χ1) is 13.7. The summed E-state index contributed by atoms with van der Waals surface area (Å²) in [7, 11) is 0. The number of furan rings is 1. The number of fused-ring (bicyclic) bond motifs is 1. The number of amides is 2. The number of benzene rings is 2. The molecule has 0 atom stereocenters. The minimum absolute atomic E-state index is 0.0881. The molecule has 2 amide bonds. The average Bonchev–Trinajstić information content (AvgIpc) is 3.39. The number of anilines is 2. The molecule has 3 aromatic rings. The minimum Gasteiger partial charge on any atom is -0.484 e. The van der Waals surface area contributed by atoms with Gasteiger partial charge in [-0.1, -0.05) is 6.07 Å². The zero-order chi connectivity index (χ0) is 19.3. The van der Waals surface area contributed by atoms with Gasteiger partial charge in [-0.05, 0) is 78.9 Å². The van der Waals surface area contributed by atoms with Crippen LogP contribution in [-0.4, -0.2) is 18.4 Å². The van der Waals surface area contributed by atoms with Crippen molar-refractivity contribution in [3.05, 3.63) is 77.7 Å². The third-order valence-electron chi connectivity index (χ3n) is 4.61. The fourth-order valence-electron chi connectivity index (χ4n) is 3.23. The highest BCUT2D eigenvalue weighted by molar-refractivity contribution is 6.02. The Morgan fingerprint density at radius 1 is 0.929 bits per heavy atom. The van der Waals surface area contributed by atoms with Gasteiger partial charge in [0.05, 0.1) is 6.26 Å². The summed E-state index contributed by atoms with van der Waals surface area (Å²) in [6.45, 7) is -0.0881. The monoisotopic (exact) mass is 376 g/mol. The van der Waals surface area contributed by atoms with Gasteiger partial charge >= 0.3 is 0 Å². The lowest BCUT2D eigenvalue weighted by molar-refractivity contribution is -0.118. The maximum absolute atomic E-state index is 12.1. The third-order valence-corrected chi connectivity index (χ3v) is 4.61. The summed E-state index contributed by atoms with van der Waals surface area (Å²) in [5.41, 5.74) is 4.08. The molecule has 0 bridgehead atoms. The molecular weight excluding hydrogens is 356 g/mol. The van der Waals surface area contributed by atoms with Gasteiger partial charge in [-0.25, -0.2) is 0 Å². The topological polar surface area (TPSA) is 80.6 Å². The van der Waals surface area contributed by atoms with E-state index in [4.69, 9.17) is 9.15 Å². The Bertz CT molecular complexity index is 978. The first-order valence-corrected chi connectivity index (χ1v) is 9.17. The molecule has 1 aliphatic rings. The summed E-state index contributed by atoms with van der Waals surface area (Å²) >= 11 is 0. The second-order valence-corrected chi connectivity index (χ2v) is 6.63. The molecule has 142 valence electrons. The van der Waals surface area contributed by atoms with Crippen LogP contribution in [0.3, 0.4) is 0 Å². The van der Waals surface area contributed by atoms with Crippen molar-refractivity contribution in [3.63, 3.8) is 0 Å². The van der Waals surface area contributed by atoms with Crippen LogP contribution in [0.1, 0.15) is 28.1 Å². The van der Waals surface area contributed by atoms with Gasteiger partial charge in [0.25, 0.3) is 11.8 Å². The Morgan fingerprint density at radius 3 is 2.50 bits per heavy atom. The van der Waals surface area contributed by atoms with E-state index in [1.54, 1.807) is 36.4 Å². The minimum atomic E-state index is -0.326. The van der Waals surface area contributed by atoms with Crippen molar-refractivity contribution in [1.29, 1.82) is 0 Å². The fraction of sp³-hybridized carbons (Fsp3) is 0.182. The van der Waals surface area contributed by atoms with Crippen LogP contribution in [-0.2, 0) is 17.6 Å². The number of hydrogen-bond donors (Lipinski definition) is 2. The van der Waals surface area contributed by atoms with E-state index in [0.29, 0.717) is 11.4 Å². The van der Waals surface area contributed by atoms with Crippen LogP contribution in [0.2, 0.25) is 0 Å². The molecule has 0 fully saturated rings. The smallest absolute Gasteiger partial charge is 0.291 e. The molecule has 0 spiro atoms. The van der Waals surface area contributed by atoms with E-state index in [2.05, 4.69) is 16.7 Å². The Hall–Kier alpha value is -3.54. The van der Waals surface area contributed by atoms with Crippen LogP contribution in [0.25, 0.3) is 0 Å². The van der Waals surface area contributed by atoms with E-state index >= 15 is 0 Å². The van der Waals surface area contributed by atoms with Crippen LogP contribution >= 0.6 is 0 Å². The molecule has 1 aliphatic carbocycles. The number of rotatable bonds is 6. The van der Waals surface area contributed by atoms with Gasteiger partial charge in [0.15, 0.2) is 12.4 Å². The molecule has 0 saturated heterocycles. The first kappa shape index (κ1) is 17.9. The molecule has 6 heteroatoms. The van der Waals surface area contributed by atoms with E-state index < -0.39 is 0 Å². The molecule has 0 radical (unpaired) electrons. The molecule has 2 N–H and O–H groups in total. The summed E-state index contributed by atoms with van der Waals surface area (Å²) < 4.78 is 10.6. The number of carbonyl (C=O) groups excluding carboxylic acids is 2. The van der Waals surface area contributed by atoms with Crippen LogP contribution in [0.5, 0.6) is 5.75 Å². The number of hydrogen-bond acceptors (Lipinski definition) is 4. The maximum atomic E-state index is 12.1. The van der Waals surface area contributed by atoms with Gasteiger partial charge in [0.1, 0.15) is 5.75 Å². The Balaban J connectivity index is 1.27. The van der Waals surface area contributed by atoms with Crippen molar-refractivity contribution < 1.29 is 18.7 Å². The van der Waals surface area contributed by atoms with Crippen molar-refractivity contribution in [1.82, 2.24) is 0 Å². The fourth-order valence-corrected chi connectivity index (χ4v) is 3.23. The summed E-state index contributed by atoms with van der Waals surface area (Å²) in [5.74, 6) is 0.240. The van der Waals surface area contributed by atoms with E-state index in [-0.39, 0.29) is 24.2 Å². The van der Waals surface area contributed by atoms with E-state index in [0.717, 1.165) is 18.5 Å². The largest absolute Gasteiger partial charge is 0.484 e. The van der Waals surface area contributed by atoms with Crippen LogP contribution in [0.4, 0.5) is 11.4 Å². The summed E-state index contributed by atoms with van der Waals surface area (Å²) in [6.07, 6.45) is 4.80. The zero-order valence-electron chi connectivity index (χ0n) is 15.2. The maximum Gasteiger partial charge on any atom is 0.291 e. The van der Waals surface area contributed by atoms with Crippen molar-refractivity contribution in [2.24, 2.45) is 0 Å². The van der Waals surface area contributed by atoms with Crippen molar-refractivity contribution >= 4 is 23.2 Å². The highest BCUT2D eigenvalue weighted by atomic mass is 16.5. The van der Waals surface area contributed by atoms with Gasteiger partial charge in [-0.3, -0.25) is 9.59 Å². The zero-order valence-corrected chi connectivity index (χ0v) is 15.2. The molecule has 0 unspecified atom stereocenters.